The average Bonchev–Trinajstić information content (AvgIpc) is 3.30. The van der Waals surface area contributed by atoms with Crippen LogP contribution in [0, 0.1) is 6.92 Å². The number of pyridine rings is 2. The maximum Gasteiger partial charge on any atom is 0.253 e. The number of benzene rings is 5. The number of unbranched alkanes of at least 4 members (excludes halogenated alkanes) is 1. The Balaban J connectivity index is 0.822. The highest BCUT2D eigenvalue weighted by Crippen LogP contribution is 2.38. The van der Waals surface area contributed by atoms with Crippen LogP contribution in [0.3, 0.4) is 0 Å². The molecule has 1 aliphatic heterocycles. The van der Waals surface area contributed by atoms with Crippen LogP contribution in [0.4, 0.5) is 11.4 Å². The number of H-pyrrole nitrogens is 1. The van der Waals surface area contributed by atoms with Crippen molar-refractivity contribution < 1.29 is 19.4 Å². The Morgan fingerprint density at radius 2 is 1.70 bits per heavy atom. The van der Waals surface area contributed by atoms with Crippen molar-refractivity contribution in [2.45, 2.75) is 61.2 Å². The van der Waals surface area contributed by atoms with Crippen molar-refractivity contribution >= 4 is 56.8 Å². The van der Waals surface area contributed by atoms with E-state index in [9.17, 15) is 19.5 Å². The Morgan fingerprint density at radius 1 is 0.889 bits per heavy atom. The van der Waals surface area contributed by atoms with Gasteiger partial charge in [-0.25, -0.2) is 0 Å². The summed E-state index contributed by atoms with van der Waals surface area (Å²) in [4.78, 5) is 49.3. The van der Waals surface area contributed by atoms with Gasteiger partial charge in [0.25, 0.3) is 11.8 Å². The third-order valence-electron chi connectivity index (χ3n) is 11.9. The standard InChI is InChI=1S/C51H52N6O5S/c1-32-27-41(30-43-47(32)54-31-44(50(52)60)48(43)55-38-9-6-10-39(29-38)62-2)63-40-11-5-8-37(28-40)51(61)57-25-21-35(22-26-57)34-14-12-33(13-15-34)7-3-4-23-53-24-20-36-16-18-45(58)49-42(36)17-19-46(59)56-49/h5-6,8-19,27-31,35,53,58H,3-4,7,20-26H2,1-2H3,(H2,52,60)(H,54,55)(H,56,59). The molecule has 322 valence electrons. The predicted molar refractivity (Wildman–Crippen MR) is 252 cm³/mol. The molecule has 1 fully saturated rings. The van der Waals surface area contributed by atoms with Gasteiger partial charge in [0.2, 0.25) is 5.56 Å². The van der Waals surface area contributed by atoms with E-state index in [1.807, 2.05) is 72.5 Å². The number of rotatable bonds is 16. The Labute approximate surface area is 371 Å². The number of ether oxygens (including phenoxy) is 1. The Kier molecular flexibility index (Phi) is 13.4. The van der Waals surface area contributed by atoms with E-state index in [4.69, 9.17) is 10.5 Å². The van der Waals surface area contributed by atoms with E-state index in [0.717, 1.165) is 94.5 Å². The fourth-order valence-electron chi connectivity index (χ4n) is 8.50. The van der Waals surface area contributed by atoms with Gasteiger partial charge in [-0.15, -0.1) is 0 Å². The van der Waals surface area contributed by atoms with Gasteiger partial charge in [0.1, 0.15) is 11.5 Å². The minimum Gasteiger partial charge on any atom is -0.506 e. The summed E-state index contributed by atoms with van der Waals surface area (Å²) in [6, 6.07) is 35.2. The Morgan fingerprint density at radius 3 is 2.49 bits per heavy atom. The molecule has 0 bridgehead atoms. The monoisotopic (exact) mass is 860 g/mol. The van der Waals surface area contributed by atoms with Crippen LogP contribution < -0.4 is 26.7 Å². The lowest BCUT2D eigenvalue weighted by Crippen LogP contribution is -2.37. The quantitative estimate of drug-likeness (QED) is 0.0597. The van der Waals surface area contributed by atoms with Crippen molar-refractivity contribution in [2.24, 2.45) is 5.73 Å². The average molecular weight is 861 g/mol. The molecule has 11 nitrogen and oxygen atoms in total. The summed E-state index contributed by atoms with van der Waals surface area (Å²) in [6.07, 6.45) is 7.37. The van der Waals surface area contributed by atoms with Crippen molar-refractivity contribution in [3.63, 3.8) is 0 Å². The largest absolute Gasteiger partial charge is 0.506 e. The van der Waals surface area contributed by atoms with E-state index in [1.165, 1.54) is 23.4 Å². The number of piperidine rings is 1. The molecule has 1 aliphatic rings. The number of hydrogen-bond acceptors (Lipinski definition) is 9. The number of aromatic nitrogens is 2. The number of phenols is 1. The van der Waals surface area contributed by atoms with Crippen molar-refractivity contribution in [2.75, 3.05) is 38.6 Å². The maximum absolute atomic E-state index is 13.8. The molecule has 2 amide bonds. The number of carbonyl (C=O) groups is 2. The number of hydrogen-bond donors (Lipinski definition) is 5. The number of aromatic hydroxyl groups is 1. The summed E-state index contributed by atoms with van der Waals surface area (Å²) < 4.78 is 5.41. The van der Waals surface area contributed by atoms with Gasteiger partial charge < -0.3 is 36.1 Å². The van der Waals surface area contributed by atoms with Crippen LogP contribution in [-0.4, -0.2) is 65.1 Å². The summed E-state index contributed by atoms with van der Waals surface area (Å²) in [7, 11) is 1.61. The first kappa shape index (κ1) is 43.0. The molecule has 63 heavy (non-hydrogen) atoms. The molecule has 1 saturated heterocycles. The Hall–Kier alpha value is -6.63. The van der Waals surface area contributed by atoms with Crippen LogP contribution in [-0.2, 0) is 12.8 Å². The molecule has 0 atom stereocenters. The number of nitrogens with zero attached hydrogens (tertiary/aromatic N) is 2. The lowest BCUT2D eigenvalue weighted by molar-refractivity contribution is 0.0712. The van der Waals surface area contributed by atoms with Gasteiger partial charge in [0, 0.05) is 63.2 Å². The number of fused-ring (bicyclic) bond motifs is 2. The van der Waals surface area contributed by atoms with Crippen molar-refractivity contribution in [1.29, 1.82) is 0 Å². The predicted octanol–water partition coefficient (Wildman–Crippen LogP) is 9.27. The van der Waals surface area contributed by atoms with Gasteiger partial charge in [-0.1, -0.05) is 54.2 Å². The second-order valence-corrected chi connectivity index (χ2v) is 17.3. The van der Waals surface area contributed by atoms with Crippen LogP contribution >= 0.6 is 11.8 Å². The first-order valence-corrected chi connectivity index (χ1v) is 22.3. The van der Waals surface area contributed by atoms with E-state index in [2.05, 4.69) is 50.9 Å². The smallest absolute Gasteiger partial charge is 0.253 e. The van der Waals surface area contributed by atoms with Crippen LogP contribution in [0.15, 0.2) is 130 Å². The van der Waals surface area contributed by atoms with E-state index >= 15 is 0 Å². The number of methoxy groups -OCH3 is 1. The number of aryl methyl sites for hydroxylation is 2. The molecule has 2 aromatic heterocycles. The van der Waals surface area contributed by atoms with Gasteiger partial charge in [0.15, 0.2) is 0 Å². The second-order valence-electron chi connectivity index (χ2n) is 16.2. The lowest BCUT2D eigenvalue weighted by Gasteiger charge is -2.32. The number of nitrogens with one attached hydrogen (secondary N) is 3. The zero-order valence-electron chi connectivity index (χ0n) is 35.6. The van der Waals surface area contributed by atoms with Gasteiger partial charge in [-0.2, -0.15) is 0 Å². The zero-order valence-corrected chi connectivity index (χ0v) is 36.4. The molecule has 0 aliphatic carbocycles. The summed E-state index contributed by atoms with van der Waals surface area (Å²) in [6.45, 7) is 5.16. The molecule has 3 heterocycles. The number of nitrogens with two attached hydrogens (primary N) is 1. The lowest BCUT2D eigenvalue weighted by atomic mass is 9.88. The molecule has 12 heteroatoms. The highest BCUT2D eigenvalue weighted by molar-refractivity contribution is 7.99. The maximum atomic E-state index is 13.8. The topological polar surface area (TPSA) is 163 Å². The fourth-order valence-corrected chi connectivity index (χ4v) is 9.52. The van der Waals surface area contributed by atoms with Crippen molar-refractivity contribution in [1.82, 2.24) is 20.2 Å². The minimum absolute atomic E-state index is 0.0434. The van der Waals surface area contributed by atoms with Gasteiger partial charge in [-0.3, -0.25) is 19.4 Å². The molecule has 7 aromatic rings. The normalized spacial score (nSPS) is 13.1. The van der Waals surface area contributed by atoms with Crippen molar-refractivity contribution in [3.8, 4) is 11.5 Å². The molecule has 0 unspecified atom stereocenters. The number of anilines is 2. The van der Waals surface area contributed by atoms with Gasteiger partial charge in [-0.05, 0) is 141 Å². The molecule has 5 aromatic carbocycles. The molecular formula is C51H52N6O5S. The first-order chi connectivity index (χ1) is 30.6. The molecular weight excluding hydrogens is 809 g/mol. The van der Waals surface area contributed by atoms with Gasteiger partial charge in [0.05, 0.1) is 29.4 Å². The molecule has 8 rings (SSSR count). The van der Waals surface area contributed by atoms with E-state index in [0.29, 0.717) is 41.5 Å². The SMILES string of the molecule is COc1cccc(Nc2c(C(N)=O)cnc3c(C)cc(Sc4cccc(C(=O)N5CCC(c6ccc(CCCCNCCc7ccc(O)c8[nH]c(=O)ccc78)cc6)CC5)c4)cc23)c1. The first-order valence-electron chi connectivity index (χ1n) is 21.5. The fraction of sp³-hybridized carbons (Fsp3) is 0.255. The van der Waals surface area contributed by atoms with Crippen LogP contribution in [0.1, 0.15) is 74.6 Å². The van der Waals surface area contributed by atoms with Crippen LogP contribution in [0.5, 0.6) is 11.5 Å². The minimum atomic E-state index is -0.581. The highest BCUT2D eigenvalue weighted by atomic mass is 32.2. The summed E-state index contributed by atoms with van der Waals surface area (Å²) in [5.74, 6) is 0.654. The zero-order chi connectivity index (χ0) is 43.9. The van der Waals surface area contributed by atoms with E-state index < -0.39 is 5.91 Å². The number of carbonyl (C=O) groups excluding carboxylic acids is 2. The highest BCUT2D eigenvalue weighted by Gasteiger charge is 2.25. The summed E-state index contributed by atoms with van der Waals surface area (Å²) >= 11 is 1.56. The van der Waals surface area contributed by atoms with E-state index in [1.54, 1.807) is 31.0 Å². The van der Waals surface area contributed by atoms with E-state index in [-0.39, 0.29) is 22.8 Å². The number of amides is 2. The van der Waals surface area contributed by atoms with Crippen LogP contribution in [0.25, 0.3) is 21.8 Å². The van der Waals surface area contributed by atoms with Crippen LogP contribution in [0.2, 0.25) is 0 Å². The third kappa shape index (κ3) is 10.2. The van der Waals surface area contributed by atoms with Crippen molar-refractivity contribution in [3.05, 3.63) is 159 Å². The number of likely N-dealkylation sites (tertiary alicyclic amines) is 1. The third-order valence-corrected chi connectivity index (χ3v) is 12.9. The number of aromatic amines is 1. The molecule has 6 N–H and O–H groups in total. The summed E-state index contributed by atoms with van der Waals surface area (Å²) in [5, 5.41) is 18.7. The molecule has 0 radical (unpaired) electrons. The molecule has 0 saturated carbocycles. The number of primary amides is 1. The molecule has 0 spiro atoms. The Bertz CT molecular complexity index is 2840. The van der Waals surface area contributed by atoms with Gasteiger partial charge >= 0.3 is 0 Å². The summed E-state index contributed by atoms with van der Waals surface area (Å²) in [5.41, 5.74) is 13.8. The number of phenolic OH excluding ortho intramolecular Hbond substituents is 1. The second kappa shape index (κ2) is 19.6.